The molecule has 1 amide bonds. The highest BCUT2D eigenvalue weighted by Gasteiger charge is 2.14. The number of carbonyl (C=O) groups is 1. The average molecular weight is 320 g/mol. The molecular formula is C19H20N4O. The average Bonchev–Trinajstić information content (AvgIpc) is 3.02. The molecule has 1 aromatic heterocycles. The lowest BCUT2D eigenvalue weighted by Crippen LogP contribution is -2.29. The summed E-state index contributed by atoms with van der Waals surface area (Å²) in [6.45, 7) is 1.90. The predicted octanol–water partition coefficient (Wildman–Crippen LogP) is 2.90. The van der Waals surface area contributed by atoms with E-state index in [1.165, 1.54) is 11.9 Å². The van der Waals surface area contributed by atoms with Crippen LogP contribution in [-0.2, 0) is 18.3 Å². The van der Waals surface area contributed by atoms with Crippen LogP contribution in [0.15, 0.2) is 60.9 Å². The summed E-state index contributed by atoms with van der Waals surface area (Å²) >= 11 is 0. The lowest BCUT2D eigenvalue weighted by atomic mass is 10.0. The van der Waals surface area contributed by atoms with Crippen molar-refractivity contribution in [2.75, 3.05) is 0 Å². The van der Waals surface area contributed by atoms with Gasteiger partial charge in [-0.1, -0.05) is 54.6 Å². The third-order valence-electron chi connectivity index (χ3n) is 3.94. The Morgan fingerprint density at radius 1 is 1.08 bits per heavy atom. The summed E-state index contributed by atoms with van der Waals surface area (Å²) in [6, 6.07) is 18.1. The van der Waals surface area contributed by atoms with Crippen LogP contribution >= 0.6 is 0 Å². The van der Waals surface area contributed by atoms with Crippen LogP contribution in [0.2, 0.25) is 0 Å². The van der Waals surface area contributed by atoms with Gasteiger partial charge in [0.05, 0.1) is 12.5 Å². The van der Waals surface area contributed by atoms with Gasteiger partial charge in [-0.05, 0) is 23.6 Å². The summed E-state index contributed by atoms with van der Waals surface area (Å²) in [5.74, 6) is 0.709. The fourth-order valence-corrected chi connectivity index (χ4v) is 2.69. The lowest BCUT2D eigenvalue weighted by molar-refractivity contribution is -0.121. The van der Waals surface area contributed by atoms with E-state index in [-0.39, 0.29) is 11.9 Å². The number of hydrogen-bond donors (Lipinski definition) is 1. The maximum absolute atomic E-state index is 12.2. The first-order valence-electron chi connectivity index (χ1n) is 7.91. The molecule has 5 nitrogen and oxygen atoms in total. The maximum atomic E-state index is 12.2. The molecule has 5 heteroatoms. The molecule has 1 atom stereocenters. The van der Waals surface area contributed by atoms with Gasteiger partial charge in [0.25, 0.3) is 0 Å². The van der Waals surface area contributed by atoms with Crippen LogP contribution in [0, 0.1) is 0 Å². The first kappa shape index (κ1) is 15.9. The fourth-order valence-electron chi connectivity index (χ4n) is 2.69. The highest BCUT2D eigenvalue weighted by Crippen LogP contribution is 2.19. The Morgan fingerprint density at radius 3 is 2.38 bits per heavy atom. The van der Waals surface area contributed by atoms with Gasteiger partial charge in [0, 0.05) is 7.05 Å². The van der Waals surface area contributed by atoms with Crippen LogP contribution in [0.5, 0.6) is 0 Å². The lowest BCUT2D eigenvalue weighted by Gasteiger charge is -2.13. The minimum absolute atomic E-state index is 0.0297. The van der Waals surface area contributed by atoms with E-state index in [1.54, 1.807) is 4.68 Å². The topological polar surface area (TPSA) is 59.8 Å². The van der Waals surface area contributed by atoms with Gasteiger partial charge in [-0.15, -0.1) is 0 Å². The van der Waals surface area contributed by atoms with Gasteiger partial charge in [0.2, 0.25) is 5.91 Å². The van der Waals surface area contributed by atoms with Gasteiger partial charge in [-0.3, -0.25) is 9.48 Å². The monoisotopic (exact) mass is 320 g/mol. The molecule has 1 heterocycles. The number of hydrogen-bond acceptors (Lipinski definition) is 3. The number of aryl methyl sites for hydroxylation is 1. The Kier molecular flexibility index (Phi) is 4.70. The van der Waals surface area contributed by atoms with Crippen molar-refractivity contribution in [1.82, 2.24) is 20.1 Å². The molecule has 0 spiro atoms. The zero-order valence-electron chi connectivity index (χ0n) is 13.8. The minimum Gasteiger partial charge on any atom is -0.346 e. The van der Waals surface area contributed by atoms with Crippen LogP contribution in [0.4, 0.5) is 0 Å². The Hall–Kier alpha value is -2.95. The van der Waals surface area contributed by atoms with E-state index < -0.39 is 0 Å². The molecule has 2 aromatic carbocycles. The summed E-state index contributed by atoms with van der Waals surface area (Å²) in [5, 5.41) is 6.98. The quantitative estimate of drug-likeness (QED) is 0.786. The van der Waals surface area contributed by atoms with Gasteiger partial charge in [0.15, 0.2) is 0 Å². The fraction of sp³-hybridized carbons (Fsp3) is 0.211. The summed E-state index contributed by atoms with van der Waals surface area (Å²) in [7, 11) is 1.81. The second-order valence-electron chi connectivity index (χ2n) is 5.77. The smallest absolute Gasteiger partial charge is 0.224 e. The van der Waals surface area contributed by atoms with Crippen LogP contribution in [0.25, 0.3) is 11.1 Å². The zero-order chi connectivity index (χ0) is 16.9. The molecule has 0 unspecified atom stereocenters. The number of benzene rings is 2. The molecule has 3 aromatic rings. The first-order valence-corrected chi connectivity index (χ1v) is 7.91. The number of nitrogens with one attached hydrogen (secondary N) is 1. The highest BCUT2D eigenvalue weighted by molar-refractivity contribution is 5.79. The molecular weight excluding hydrogens is 300 g/mol. The van der Waals surface area contributed by atoms with Gasteiger partial charge < -0.3 is 5.32 Å². The molecule has 0 aliphatic heterocycles. The number of carbonyl (C=O) groups excluding carboxylic acids is 1. The second kappa shape index (κ2) is 7.08. The third-order valence-corrected chi connectivity index (χ3v) is 3.94. The van der Waals surface area contributed by atoms with E-state index in [1.807, 2.05) is 56.4 Å². The molecule has 0 bridgehead atoms. The Bertz CT molecular complexity index is 809. The van der Waals surface area contributed by atoms with Crippen molar-refractivity contribution in [2.24, 2.45) is 7.05 Å². The molecule has 1 N–H and O–H groups in total. The van der Waals surface area contributed by atoms with Crippen LogP contribution in [-0.4, -0.2) is 20.7 Å². The summed E-state index contributed by atoms with van der Waals surface area (Å²) in [5.41, 5.74) is 3.30. The molecule has 0 saturated carbocycles. The summed E-state index contributed by atoms with van der Waals surface area (Å²) in [4.78, 5) is 16.4. The molecule has 122 valence electrons. The first-order chi connectivity index (χ1) is 11.6. The van der Waals surface area contributed by atoms with Gasteiger partial charge in [0.1, 0.15) is 12.2 Å². The van der Waals surface area contributed by atoms with E-state index in [0.717, 1.165) is 17.0 Å². The molecule has 0 radical (unpaired) electrons. The Morgan fingerprint density at radius 2 is 1.75 bits per heavy atom. The van der Waals surface area contributed by atoms with Crippen molar-refractivity contribution in [3.63, 3.8) is 0 Å². The van der Waals surface area contributed by atoms with Crippen molar-refractivity contribution < 1.29 is 4.79 Å². The van der Waals surface area contributed by atoms with Gasteiger partial charge in [-0.25, -0.2) is 4.98 Å². The van der Waals surface area contributed by atoms with E-state index >= 15 is 0 Å². The van der Waals surface area contributed by atoms with Gasteiger partial charge in [-0.2, -0.15) is 5.10 Å². The summed E-state index contributed by atoms with van der Waals surface area (Å²) in [6.07, 6.45) is 1.83. The minimum atomic E-state index is -0.173. The Balaban J connectivity index is 1.62. The van der Waals surface area contributed by atoms with Crippen LogP contribution in [0.3, 0.4) is 0 Å². The molecule has 0 aliphatic carbocycles. The number of aromatic nitrogens is 3. The van der Waals surface area contributed by atoms with Crippen molar-refractivity contribution in [2.45, 2.75) is 19.4 Å². The number of amides is 1. The van der Waals surface area contributed by atoms with Crippen molar-refractivity contribution in [3.05, 3.63) is 72.3 Å². The SMILES string of the molecule is C[C@H](NC(=O)Cc1ccc(-c2ccccc2)cc1)c1ncnn1C. The predicted molar refractivity (Wildman–Crippen MR) is 93.1 cm³/mol. The van der Waals surface area contributed by atoms with E-state index in [9.17, 15) is 4.79 Å². The second-order valence-corrected chi connectivity index (χ2v) is 5.77. The van der Waals surface area contributed by atoms with E-state index in [4.69, 9.17) is 0 Å². The molecule has 0 saturated heterocycles. The maximum Gasteiger partial charge on any atom is 0.224 e. The number of nitrogens with zero attached hydrogens (tertiary/aromatic N) is 3. The number of rotatable bonds is 5. The third kappa shape index (κ3) is 3.68. The van der Waals surface area contributed by atoms with Crippen molar-refractivity contribution in [3.8, 4) is 11.1 Å². The zero-order valence-corrected chi connectivity index (χ0v) is 13.8. The van der Waals surface area contributed by atoms with Crippen molar-refractivity contribution in [1.29, 1.82) is 0 Å². The van der Waals surface area contributed by atoms with Gasteiger partial charge >= 0.3 is 0 Å². The summed E-state index contributed by atoms with van der Waals surface area (Å²) < 4.78 is 1.67. The molecule has 0 fully saturated rings. The molecule has 24 heavy (non-hydrogen) atoms. The molecule has 0 aliphatic rings. The van der Waals surface area contributed by atoms with Crippen molar-refractivity contribution >= 4 is 5.91 Å². The largest absolute Gasteiger partial charge is 0.346 e. The van der Waals surface area contributed by atoms with E-state index in [0.29, 0.717) is 6.42 Å². The van der Waals surface area contributed by atoms with Crippen LogP contribution in [0.1, 0.15) is 24.4 Å². The normalized spacial score (nSPS) is 11.9. The van der Waals surface area contributed by atoms with Crippen LogP contribution < -0.4 is 5.32 Å². The van der Waals surface area contributed by atoms with E-state index in [2.05, 4.69) is 27.5 Å². The standard InChI is InChI=1S/C19H20N4O/c1-14(19-20-13-21-23(19)2)22-18(24)12-15-8-10-17(11-9-15)16-6-4-3-5-7-16/h3-11,13-14H,12H2,1-2H3,(H,22,24)/t14-/m0/s1. The highest BCUT2D eigenvalue weighted by atomic mass is 16.1. The Labute approximate surface area is 141 Å². The molecule has 3 rings (SSSR count).